The molecule has 0 aliphatic carbocycles. The third-order valence-electron chi connectivity index (χ3n) is 4.19. The van der Waals surface area contributed by atoms with Gasteiger partial charge in [-0.25, -0.2) is 4.39 Å². The summed E-state index contributed by atoms with van der Waals surface area (Å²) >= 11 is 0. The van der Waals surface area contributed by atoms with E-state index in [1.165, 1.54) is 12.1 Å². The van der Waals surface area contributed by atoms with Crippen LogP contribution >= 0.6 is 0 Å². The maximum Gasteiger partial charge on any atom is 0.303 e. The summed E-state index contributed by atoms with van der Waals surface area (Å²) in [5.74, 6) is -2.03. The van der Waals surface area contributed by atoms with Crippen LogP contribution in [0.25, 0.3) is 0 Å². The molecule has 3 N–H and O–H groups in total. The molecule has 2 amide bonds. The SMILES string of the molecule is O=C(O)CCCCCCCNC(=O)c1cc2c(cc1F)NC(=O)CC2. The Morgan fingerprint density at radius 3 is 2.60 bits per heavy atom. The van der Waals surface area contributed by atoms with Gasteiger partial charge < -0.3 is 15.7 Å². The van der Waals surface area contributed by atoms with Gasteiger partial charge in [0.1, 0.15) is 5.82 Å². The fourth-order valence-electron chi connectivity index (χ4n) is 2.80. The maximum absolute atomic E-state index is 14.1. The topological polar surface area (TPSA) is 95.5 Å². The normalized spacial score (nSPS) is 13.1. The average molecular weight is 350 g/mol. The number of carboxylic acids is 1. The molecule has 0 saturated heterocycles. The Bertz CT molecular complexity index is 661. The predicted molar refractivity (Wildman–Crippen MR) is 91.0 cm³/mol. The van der Waals surface area contributed by atoms with Gasteiger partial charge in [-0.05, 0) is 37.0 Å². The summed E-state index contributed by atoms with van der Waals surface area (Å²) in [5.41, 5.74) is 1.20. The first-order chi connectivity index (χ1) is 12.0. The molecule has 6 nitrogen and oxygen atoms in total. The number of amides is 2. The predicted octanol–water partition coefficient (Wildman–Crippen LogP) is 2.87. The van der Waals surface area contributed by atoms with Crippen molar-refractivity contribution in [3.8, 4) is 0 Å². The Hall–Kier alpha value is -2.44. The minimum absolute atomic E-state index is 0.00337. The first-order valence-electron chi connectivity index (χ1n) is 8.59. The van der Waals surface area contributed by atoms with Gasteiger partial charge >= 0.3 is 5.97 Å². The lowest BCUT2D eigenvalue weighted by Gasteiger charge is -2.18. The number of unbranched alkanes of at least 4 members (excludes halogenated alkanes) is 4. The first kappa shape index (κ1) is 18.9. The number of aryl methyl sites for hydroxylation is 1. The van der Waals surface area contributed by atoms with Gasteiger partial charge in [0.2, 0.25) is 5.91 Å². The third kappa shape index (κ3) is 5.85. The molecule has 0 aromatic heterocycles. The van der Waals surface area contributed by atoms with Crippen molar-refractivity contribution < 1.29 is 23.9 Å². The van der Waals surface area contributed by atoms with Crippen molar-refractivity contribution in [3.63, 3.8) is 0 Å². The van der Waals surface area contributed by atoms with E-state index in [-0.39, 0.29) is 17.9 Å². The smallest absolute Gasteiger partial charge is 0.303 e. The summed E-state index contributed by atoms with van der Waals surface area (Å²) in [5, 5.41) is 13.8. The number of carboxylic acid groups (broad SMARTS) is 1. The lowest BCUT2D eigenvalue weighted by Crippen LogP contribution is -2.26. The number of fused-ring (bicyclic) bond motifs is 1. The quantitative estimate of drug-likeness (QED) is 0.597. The van der Waals surface area contributed by atoms with Crippen LogP contribution in [0.5, 0.6) is 0 Å². The summed E-state index contributed by atoms with van der Waals surface area (Å²) < 4.78 is 14.1. The van der Waals surface area contributed by atoms with Crippen molar-refractivity contribution in [2.45, 2.75) is 51.4 Å². The summed E-state index contributed by atoms with van der Waals surface area (Å²) in [4.78, 5) is 33.8. The molecule has 0 radical (unpaired) electrons. The van der Waals surface area contributed by atoms with Crippen molar-refractivity contribution in [3.05, 3.63) is 29.1 Å². The first-order valence-corrected chi connectivity index (χ1v) is 8.59. The van der Waals surface area contributed by atoms with E-state index in [1.807, 2.05) is 0 Å². The molecule has 1 aromatic carbocycles. The fourth-order valence-corrected chi connectivity index (χ4v) is 2.80. The summed E-state index contributed by atoms with van der Waals surface area (Å²) in [6, 6.07) is 2.70. The molecule has 7 heteroatoms. The second kappa shape index (κ2) is 9.15. The molecular formula is C18H23FN2O4. The van der Waals surface area contributed by atoms with Crippen molar-refractivity contribution in [1.82, 2.24) is 5.32 Å². The van der Waals surface area contributed by atoms with E-state index >= 15 is 0 Å². The molecule has 1 aliphatic rings. The van der Waals surface area contributed by atoms with Crippen LogP contribution in [0, 0.1) is 5.82 Å². The van der Waals surface area contributed by atoms with Crippen molar-refractivity contribution >= 4 is 23.5 Å². The minimum Gasteiger partial charge on any atom is -0.481 e. The number of carbonyl (C=O) groups excluding carboxylic acids is 2. The third-order valence-corrected chi connectivity index (χ3v) is 4.19. The van der Waals surface area contributed by atoms with Gasteiger partial charge in [0, 0.05) is 25.1 Å². The van der Waals surface area contributed by atoms with E-state index in [2.05, 4.69) is 10.6 Å². The molecule has 25 heavy (non-hydrogen) atoms. The molecule has 1 heterocycles. The number of hydrogen-bond donors (Lipinski definition) is 3. The molecule has 0 unspecified atom stereocenters. The molecule has 0 saturated carbocycles. The highest BCUT2D eigenvalue weighted by Gasteiger charge is 2.20. The summed E-state index contributed by atoms with van der Waals surface area (Å²) in [6.45, 7) is 0.449. The number of carbonyl (C=O) groups is 3. The van der Waals surface area contributed by atoms with Crippen LogP contribution in [0.15, 0.2) is 12.1 Å². The van der Waals surface area contributed by atoms with Crippen molar-refractivity contribution in [1.29, 1.82) is 0 Å². The van der Waals surface area contributed by atoms with E-state index in [1.54, 1.807) is 0 Å². The second-order valence-corrected chi connectivity index (χ2v) is 6.20. The van der Waals surface area contributed by atoms with Crippen LogP contribution < -0.4 is 10.6 Å². The molecule has 2 rings (SSSR count). The Kier molecular flexibility index (Phi) is 6.91. The monoisotopic (exact) mass is 350 g/mol. The number of halogens is 1. The van der Waals surface area contributed by atoms with E-state index < -0.39 is 17.7 Å². The molecule has 0 bridgehead atoms. The van der Waals surface area contributed by atoms with Crippen LogP contribution in [0.1, 0.15) is 60.9 Å². The minimum atomic E-state index is -0.779. The number of anilines is 1. The van der Waals surface area contributed by atoms with Crippen molar-refractivity contribution in [2.24, 2.45) is 0 Å². The Morgan fingerprint density at radius 1 is 1.12 bits per heavy atom. The molecule has 0 fully saturated rings. The molecular weight excluding hydrogens is 327 g/mol. The van der Waals surface area contributed by atoms with E-state index in [4.69, 9.17) is 5.11 Å². The van der Waals surface area contributed by atoms with Gasteiger partial charge in [-0.3, -0.25) is 14.4 Å². The van der Waals surface area contributed by atoms with Gasteiger partial charge in [-0.2, -0.15) is 0 Å². The zero-order valence-electron chi connectivity index (χ0n) is 14.1. The van der Waals surface area contributed by atoms with E-state index in [0.29, 0.717) is 31.5 Å². The average Bonchev–Trinajstić information content (AvgIpc) is 2.56. The molecule has 0 spiro atoms. The molecule has 0 atom stereocenters. The summed E-state index contributed by atoms with van der Waals surface area (Å²) in [6.07, 6.45) is 5.11. The lowest BCUT2D eigenvalue weighted by atomic mass is 9.99. The Morgan fingerprint density at radius 2 is 1.84 bits per heavy atom. The van der Waals surface area contributed by atoms with Crippen molar-refractivity contribution in [2.75, 3.05) is 11.9 Å². The van der Waals surface area contributed by atoms with Crippen LogP contribution in [0.4, 0.5) is 10.1 Å². The second-order valence-electron chi connectivity index (χ2n) is 6.20. The van der Waals surface area contributed by atoms with Gasteiger partial charge in [-0.1, -0.05) is 19.3 Å². The van der Waals surface area contributed by atoms with Crippen LogP contribution in [0.2, 0.25) is 0 Å². The molecule has 1 aromatic rings. The zero-order chi connectivity index (χ0) is 18.2. The number of aliphatic carboxylic acids is 1. The Balaban J connectivity index is 1.74. The molecule has 1 aliphatic heterocycles. The highest BCUT2D eigenvalue weighted by Crippen LogP contribution is 2.25. The van der Waals surface area contributed by atoms with Gasteiger partial charge in [0.15, 0.2) is 0 Å². The van der Waals surface area contributed by atoms with Gasteiger partial charge in [0.05, 0.1) is 5.56 Å². The highest BCUT2D eigenvalue weighted by molar-refractivity contribution is 5.98. The van der Waals surface area contributed by atoms with Crippen LogP contribution in [0.3, 0.4) is 0 Å². The zero-order valence-corrected chi connectivity index (χ0v) is 14.1. The highest BCUT2D eigenvalue weighted by atomic mass is 19.1. The van der Waals surface area contributed by atoms with E-state index in [9.17, 15) is 18.8 Å². The Labute approximate surface area is 145 Å². The van der Waals surface area contributed by atoms with Gasteiger partial charge in [-0.15, -0.1) is 0 Å². The number of hydrogen-bond acceptors (Lipinski definition) is 3. The standard InChI is InChI=1S/C18H23FN2O4/c19-14-11-15-12(7-8-16(22)21-15)10-13(14)18(25)20-9-5-3-1-2-4-6-17(23)24/h10-11H,1-9H2,(H,20,25)(H,21,22)(H,23,24). The van der Waals surface area contributed by atoms with E-state index in [0.717, 1.165) is 31.2 Å². The number of benzene rings is 1. The number of rotatable bonds is 9. The van der Waals surface area contributed by atoms with Crippen LogP contribution in [-0.4, -0.2) is 29.4 Å². The number of nitrogens with one attached hydrogen (secondary N) is 2. The van der Waals surface area contributed by atoms with Crippen LogP contribution in [-0.2, 0) is 16.0 Å². The lowest BCUT2D eigenvalue weighted by molar-refractivity contribution is -0.137. The molecule has 136 valence electrons. The van der Waals surface area contributed by atoms with Gasteiger partial charge in [0.25, 0.3) is 5.91 Å². The fraction of sp³-hybridized carbons (Fsp3) is 0.500. The largest absolute Gasteiger partial charge is 0.481 e. The summed E-state index contributed by atoms with van der Waals surface area (Å²) in [7, 11) is 0. The maximum atomic E-state index is 14.1.